The van der Waals surface area contributed by atoms with Gasteiger partial charge in [-0.25, -0.2) is 4.39 Å². The highest BCUT2D eigenvalue weighted by Gasteiger charge is 2.26. The fraction of sp³-hybridized carbons (Fsp3) is 0.316. The third-order valence-corrected chi connectivity index (χ3v) is 4.37. The van der Waals surface area contributed by atoms with Gasteiger partial charge in [-0.1, -0.05) is 24.3 Å². The molecular weight excluding hydrogens is 293 g/mol. The molecule has 0 aromatic heterocycles. The number of amides is 1. The van der Waals surface area contributed by atoms with E-state index in [0.29, 0.717) is 12.3 Å². The van der Waals surface area contributed by atoms with Crippen molar-refractivity contribution in [3.63, 3.8) is 0 Å². The Morgan fingerprint density at radius 1 is 1.09 bits per heavy atom. The molecule has 2 aromatic carbocycles. The van der Waals surface area contributed by atoms with Gasteiger partial charge >= 0.3 is 0 Å². The topological polar surface area (TPSA) is 40.5 Å². The molecule has 2 aromatic rings. The molecule has 1 atom stereocenters. The van der Waals surface area contributed by atoms with Gasteiger partial charge in [0.05, 0.1) is 6.42 Å². The Morgan fingerprint density at radius 3 is 2.43 bits per heavy atom. The SMILES string of the molecule is O=C(Cc1ccc(O)cc1)N1CCC(Cc2ccc(F)cc2)C1. The molecule has 1 N–H and O–H groups in total. The number of phenolic OH excluding ortho intramolecular Hbond substituents is 1. The first-order valence-electron chi connectivity index (χ1n) is 7.90. The van der Waals surface area contributed by atoms with E-state index in [1.807, 2.05) is 17.0 Å². The highest BCUT2D eigenvalue weighted by molar-refractivity contribution is 5.79. The minimum absolute atomic E-state index is 0.122. The molecule has 0 bridgehead atoms. The second-order valence-corrected chi connectivity index (χ2v) is 6.17. The average Bonchev–Trinajstić information content (AvgIpc) is 3.00. The highest BCUT2D eigenvalue weighted by atomic mass is 19.1. The molecule has 120 valence electrons. The number of benzene rings is 2. The normalized spacial score (nSPS) is 17.4. The van der Waals surface area contributed by atoms with Crippen LogP contribution in [0.4, 0.5) is 4.39 Å². The van der Waals surface area contributed by atoms with Gasteiger partial charge in [0.2, 0.25) is 5.91 Å². The van der Waals surface area contributed by atoms with Crippen LogP contribution in [0.1, 0.15) is 17.5 Å². The van der Waals surface area contributed by atoms with Crippen LogP contribution in [0.15, 0.2) is 48.5 Å². The summed E-state index contributed by atoms with van der Waals surface area (Å²) in [6.45, 7) is 1.54. The van der Waals surface area contributed by atoms with E-state index in [0.717, 1.165) is 37.1 Å². The van der Waals surface area contributed by atoms with E-state index in [2.05, 4.69) is 0 Å². The van der Waals surface area contributed by atoms with Crippen molar-refractivity contribution < 1.29 is 14.3 Å². The first-order chi connectivity index (χ1) is 11.1. The maximum absolute atomic E-state index is 12.9. The lowest BCUT2D eigenvalue weighted by Crippen LogP contribution is -2.30. The number of likely N-dealkylation sites (tertiary alicyclic amines) is 1. The molecule has 23 heavy (non-hydrogen) atoms. The molecule has 1 aliphatic rings. The van der Waals surface area contributed by atoms with Crippen molar-refractivity contribution in [2.24, 2.45) is 5.92 Å². The van der Waals surface area contributed by atoms with E-state index in [-0.39, 0.29) is 17.5 Å². The molecule has 0 spiro atoms. The quantitative estimate of drug-likeness (QED) is 0.942. The zero-order chi connectivity index (χ0) is 16.2. The molecule has 0 saturated carbocycles. The van der Waals surface area contributed by atoms with Crippen molar-refractivity contribution in [2.45, 2.75) is 19.3 Å². The summed E-state index contributed by atoms with van der Waals surface area (Å²) in [5, 5.41) is 9.28. The molecule has 1 amide bonds. The van der Waals surface area contributed by atoms with Gasteiger partial charge in [-0.3, -0.25) is 4.79 Å². The number of rotatable bonds is 4. The molecule has 3 nitrogen and oxygen atoms in total. The third kappa shape index (κ3) is 4.09. The molecule has 0 radical (unpaired) electrons. The fourth-order valence-corrected chi connectivity index (χ4v) is 3.08. The van der Waals surface area contributed by atoms with Gasteiger partial charge in [-0.05, 0) is 54.2 Å². The Bertz CT molecular complexity index is 667. The van der Waals surface area contributed by atoms with E-state index >= 15 is 0 Å². The van der Waals surface area contributed by atoms with Crippen LogP contribution < -0.4 is 0 Å². The minimum Gasteiger partial charge on any atom is -0.508 e. The zero-order valence-corrected chi connectivity index (χ0v) is 12.9. The lowest BCUT2D eigenvalue weighted by Gasteiger charge is -2.17. The van der Waals surface area contributed by atoms with Gasteiger partial charge in [0.1, 0.15) is 11.6 Å². The zero-order valence-electron chi connectivity index (χ0n) is 12.9. The maximum Gasteiger partial charge on any atom is 0.226 e. The van der Waals surface area contributed by atoms with E-state index in [9.17, 15) is 14.3 Å². The van der Waals surface area contributed by atoms with Gasteiger partial charge in [-0.15, -0.1) is 0 Å². The monoisotopic (exact) mass is 313 g/mol. The summed E-state index contributed by atoms with van der Waals surface area (Å²) in [6.07, 6.45) is 2.23. The van der Waals surface area contributed by atoms with E-state index in [1.165, 1.54) is 12.1 Å². The Hall–Kier alpha value is -2.36. The average molecular weight is 313 g/mol. The van der Waals surface area contributed by atoms with Crippen LogP contribution >= 0.6 is 0 Å². The van der Waals surface area contributed by atoms with Crippen LogP contribution in [0.5, 0.6) is 5.75 Å². The second-order valence-electron chi connectivity index (χ2n) is 6.17. The van der Waals surface area contributed by atoms with E-state index < -0.39 is 0 Å². The number of phenols is 1. The molecule has 1 fully saturated rings. The summed E-state index contributed by atoms with van der Waals surface area (Å²) in [4.78, 5) is 14.3. The number of hydrogen-bond acceptors (Lipinski definition) is 2. The number of hydrogen-bond donors (Lipinski definition) is 1. The lowest BCUT2D eigenvalue weighted by molar-refractivity contribution is -0.129. The van der Waals surface area contributed by atoms with Crippen LogP contribution in [-0.2, 0) is 17.6 Å². The number of halogens is 1. The van der Waals surface area contributed by atoms with E-state index in [1.54, 1.807) is 24.3 Å². The first-order valence-corrected chi connectivity index (χ1v) is 7.90. The highest BCUT2D eigenvalue weighted by Crippen LogP contribution is 2.22. The third-order valence-electron chi connectivity index (χ3n) is 4.37. The Balaban J connectivity index is 1.53. The van der Waals surface area contributed by atoms with Crippen molar-refractivity contribution in [2.75, 3.05) is 13.1 Å². The Kier molecular flexibility index (Phi) is 4.60. The van der Waals surface area contributed by atoms with Crippen molar-refractivity contribution in [1.29, 1.82) is 0 Å². The van der Waals surface area contributed by atoms with Crippen molar-refractivity contribution in [3.8, 4) is 5.75 Å². The minimum atomic E-state index is -0.217. The van der Waals surface area contributed by atoms with Crippen LogP contribution in [0.3, 0.4) is 0 Å². The summed E-state index contributed by atoms with van der Waals surface area (Å²) in [6, 6.07) is 13.4. The van der Waals surface area contributed by atoms with Gasteiger partial charge < -0.3 is 10.0 Å². The largest absolute Gasteiger partial charge is 0.508 e. The summed E-state index contributed by atoms with van der Waals surface area (Å²) >= 11 is 0. The van der Waals surface area contributed by atoms with Gasteiger partial charge in [0.25, 0.3) is 0 Å². The number of nitrogens with zero attached hydrogens (tertiary/aromatic N) is 1. The first kappa shape index (κ1) is 15.5. The second kappa shape index (κ2) is 6.82. The summed E-state index contributed by atoms with van der Waals surface area (Å²) in [7, 11) is 0. The predicted molar refractivity (Wildman–Crippen MR) is 86.6 cm³/mol. The molecule has 4 heteroatoms. The number of aromatic hydroxyl groups is 1. The number of carbonyl (C=O) groups is 1. The fourth-order valence-electron chi connectivity index (χ4n) is 3.08. The lowest BCUT2D eigenvalue weighted by atomic mass is 9.99. The molecular formula is C19H20FNO2. The van der Waals surface area contributed by atoms with Gasteiger partial charge in [-0.2, -0.15) is 0 Å². The molecule has 1 heterocycles. The molecule has 3 rings (SSSR count). The van der Waals surface area contributed by atoms with Gasteiger partial charge in [0, 0.05) is 13.1 Å². The van der Waals surface area contributed by atoms with Crippen molar-refractivity contribution in [3.05, 3.63) is 65.5 Å². The molecule has 1 aliphatic heterocycles. The molecule has 1 saturated heterocycles. The van der Waals surface area contributed by atoms with E-state index in [4.69, 9.17) is 0 Å². The Morgan fingerprint density at radius 2 is 1.74 bits per heavy atom. The van der Waals surface area contributed by atoms with Crippen molar-refractivity contribution in [1.82, 2.24) is 4.90 Å². The smallest absolute Gasteiger partial charge is 0.226 e. The summed E-state index contributed by atoms with van der Waals surface area (Å²) < 4.78 is 12.9. The molecule has 1 unspecified atom stereocenters. The standard InChI is InChI=1S/C19H20FNO2/c20-17-5-1-14(2-6-17)11-16-9-10-21(13-16)19(23)12-15-3-7-18(22)8-4-15/h1-8,16,22H,9-13H2. The predicted octanol–water partition coefficient (Wildman–Crippen LogP) is 3.17. The van der Waals surface area contributed by atoms with Crippen LogP contribution in [0.25, 0.3) is 0 Å². The van der Waals surface area contributed by atoms with Crippen LogP contribution in [0, 0.1) is 11.7 Å². The van der Waals surface area contributed by atoms with Crippen LogP contribution in [0.2, 0.25) is 0 Å². The van der Waals surface area contributed by atoms with Gasteiger partial charge in [0.15, 0.2) is 0 Å². The Labute approximate surface area is 135 Å². The maximum atomic E-state index is 12.9. The summed E-state index contributed by atoms with van der Waals surface area (Å²) in [5.74, 6) is 0.550. The van der Waals surface area contributed by atoms with Crippen LogP contribution in [-0.4, -0.2) is 29.0 Å². The molecule has 0 aliphatic carbocycles. The van der Waals surface area contributed by atoms with Crippen molar-refractivity contribution >= 4 is 5.91 Å². The number of carbonyl (C=O) groups excluding carboxylic acids is 1. The summed E-state index contributed by atoms with van der Waals surface area (Å²) in [5.41, 5.74) is 2.03.